The summed E-state index contributed by atoms with van der Waals surface area (Å²) in [4.78, 5) is 6.90. The van der Waals surface area contributed by atoms with Gasteiger partial charge in [0, 0.05) is 24.7 Å². The van der Waals surface area contributed by atoms with Crippen LogP contribution in [0.1, 0.15) is 5.56 Å². The number of amidine groups is 1. The van der Waals surface area contributed by atoms with Gasteiger partial charge in [0.15, 0.2) is 5.17 Å². The molecule has 0 saturated carbocycles. The number of thioether (sulfide) groups is 1. The lowest BCUT2D eigenvalue weighted by atomic mass is 10.2. The number of hydrogen-bond donors (Lipinski definition) is 0. The molecule has 0 spiro atoms. The Morgan fingerprint density at radius 3 is 2.88 bits per heavy atom. The van der Waals surface area contributed by atoms with E-state index < -0.39 is 0 Å². The lowest BCUT2D eigenvalue weighted by Gasteiger charge is -2.15. The van der Waals surface area contributed by atoms with Crippen molar-refractivity contribution >= 4 is 28.5 Å². The molecular weight excluding hydrogens is 240 g/mol. The molecule has 86 valence electrons. The summed E-state index contributed by atoms with van der Waals surface area (Å²) in [5, 5.41) is 1.14. The van der Waals surface area contributed by atoms with Gasteiger partial charge in [-0.05, 0) is 5.56 Å². The Morgan fingerprint density at radius 2 is 2.12 bits per heavy atom. The molecule has 0 amide bonds. The van der Waals surface area contributed by atoms with Gasteiger partial charge in [-0.3, -0.25) is 4.99 Å². The van der Waals surface area contributed by atoms with E-state index >= 15 is 0 Å². The van der Waals surface area contributed by atoms with Crippen molar-refractivity contribution in [2.45, 2.75) is 6.54 Å². The summed E-state index contributed by atoms with van der Waals surface area (Å²) in [6.45, 7) is 2.75. The zero-order chi connectivity index (χ0) is 11.2. The minimum Gasteiger partial charge on any atom is -0.349 e. The zero-order valence-electron chi connectivity index (χ0n) is 9.10. The van der Waals surface area contributed by atoms with Crippen molar-refractivity contribution in [1.29, 1.82) is 0 Å². The number of rotatable bonds is 4. The predicted molar refractivity (Wildman–Crippen MR) is 72.3 cm³/mol. The fraction of sp³-hybridized carbons (Fsp3) is 0.417. The van der Waals surface area contributed by atoms with Crippen LogP contribution in [-0.4, -0.2) is 34.8 Å². The van der Waals surface area contributed by atoms with Gasteiger partial charge in [0.1, 0.15) is 0 Å². The van der Waals surface area contributed by atoms with Crippen molar-refractivity contribution in [1.82, 2.24) is 4.90 Å². The van der Waals surface area contributed by atoms with Crippen LogP contribution in [-0.2, 0) is 6.54 Å². The van der Waals surface area contributed by atoms with Crippen LogP contribution in [0.4, 0.5) is 0 Å². The molecule has 0 bridgehead atoms. The van der Waals surface area contributed by atoms with Crippen LogP contribution in [0.25, 0.3) is 0 Å². The second-order valence-electron chi connectivity index (χ2n) is 3.61. The second-order valence-corrected chi connectivity index (χ2v) is 5.05. The SMILES string of the molecule is ClCCN1CCSC1=NCc1ccccc1. The highest BCUT2D eigenvalue weighted by molar-refractivity contribution is 8.14. The van der Waals surface area contributed by atoms with E-state index in [1.807, 2.05) is 30.0 Å². The Morgan fingerprint density at radius 1 is 1.31 bits per heavy atom. The molecule has 1 aromatic carbocycles. The third kappa shape index (κ3) is 3.16. The number of halogens is 1. The highest BCUT2D eigenvalue weighted by atomic mass is 35.5. The van der Waals surface area contributed by atoms with Gasteiger partial charge in [-0.1, -0.05) is 42.1 Å². The van der Waals surface area contributed by atoms with Crippen molar-refractivity contribution in [3.8, 4) is 0 Å². The monoisotopic (exact) mass is 254 g/mol. The van der Waals surface area contributed by atoms with Crippen LogP contribution >= 0.6 is 23.4 Å². The molecule has 0 aliphatic carbocycles. The fourth-order valence-corrected chi connectivity index (χ4v) is 2.85. The summed E-state index contributed by atoms with van der Waals surface area (Å²) in [5.41, 5.74) is 1.26. The van der Waals surface area contributed by atoms with Crippen LogP contribution in [0.2, 0.25) is 0 Å². The number of nitrogens with zero attached hydrogens (tertiary/aromatic N) is 2. The van der Waals surface area contributed by atoms with Gasteiger partial charge in [-0.25, -0.2) is 0 Å². The third-order valence-corrected chi connectivity index (χ3v) is 3.66. The first-order chi connectivity index (χ1) is 7.90. The quantitative estimate of drug-likeness (QED) is 0.768. The van der Waals surface area contributed by atoms with Crippen molar-refractivity contribution in [3.05, 3.63) is 35.9 Å². The predicted octanol–water partition coefficient (Wildman–Crippen LogP) is 2.83. The molecule has 1 aliphatic rings. The van der Waals surface area contributed by atoms with Crippen molar-refractivity contribution < 1.29 is 0 Å². The molecule has 0 N–H and O–H groups in total. The van der Waals surface area contributed by atoms with Crippen LogP contribution in [0.3, 0.4) is 0 Å². The Hall–Kier alpha value is -0.670. The first-order valence-electron chi connectivity index (χ1n) is 5.42. The first-order valence-corrected chi connectivity index (χ1v) is 6.94. The molecule has 1 heterocycles. The molecular formula is C12H15ClN2S. The van der Waals surface area contributed by atoms with E-state index in [0.29, 0.717) is 5.88 Å². The number of benzene rings is 1. The minimum atomic E-state index is 0.672. The Labute approximate surface area is 106 Å². The van der Waals surface area contributed by atoms with E-state index in [0.717, 1.165) is 30.6 Å². The molecule has 0 aromatic heterocycles. The lowest BCUT2D eigenvalue weighted by molar-refractivity contribution is 0.489. The molecule has 1 fully saturated rings. The van der Waals surface area contributed by atoms with E-state index in [4.69, 9.17) is 11.6 Å². The Kier molecular flexibility index (Phi) is 4.55. The number of alkyl halides is 1. The molecule has 0 radical (unpaired) electrons. The van der Waals surface area contributed by atoms with Gasteiger partial charge >= 0.3 is 0 Å². The first kappa shape index (κ1) is 11.8. The topological polar surface area (TPSA) is 15.6 Å². The highest BCUT2D eigenvalue weighted by Gasteiger charge is 2.17. The van der Waals surface area contributed by atoms with Gasteiger partial charge in [-0.15, -0.1) is 11.6 Å². The molecule has 2 rings (SSSR count). The van der Waals surface area contributed by atoms with Crippen LogP contribution in [0, 0.1) is 0 Å². The van der Waals surface area contributed by atoms with E-state index in [2.05, 4.69) is 22.0 Å². The Bertz CT molecular complexity index is 353. The lowest BCUT2D eigenvalue weighted by Crippen LogP contribution is -2.26. The van der Waals surface area contributed by atoms with E-state index in [1.54, 1.807) is 0 Å². The molecule has 1 aliphatic heterocycles. The second kappa shape index (κ2) is 6.16. The normalized spacial score (nSPS) is 18.3. The summed E-state index contributed by atoms with van der Waals surface area (Å²) in [6.07, 6.45) is 0. The molecule has 0 atom stereocenters. The third-order valence-electron chi connectivity index (χ3n) is 2.46. The summed E-state index contributed by atoms with van der Waals surface area (Å²) in [7, 11) is 0. The molecule has 2 nitrogen and oxygen atoms in total. The maximum atomic E-state index is 5.76. The van der Waals surface area contributed by atoms with Crippen LogP contribution < -0.4 is 0 Å². The van der Waals surface area contributed by atoms with Crippen LogP contribution in [0.15, 0.2) is 35.3 Å². The van der Waals surface area contributed by atoms with Gasteiger partial charge in [0.25, 0.3) is 0 Å². The highest BCUT2D eigenvalue weighted by Crippen LogP contribution is 2.18. The van der Waals surface area contributed by atoms with E-state index in [1.165, 1.54) is 5.56 Å². The van der Waals surface area contributed by atoms with Crippen molar-refractivity contribution in [2.75, 3.05) is 24.7 Å². The molecule has 16 heavy (non-hydrogen) atoms. The van der Waals surface area contributed by atoms with Crippen LogP contribution in [0.5, 0.6) is 0 Å². The number of aliphatic imine (C=N–C) groups is 1. The fourth-order valence-electron chi connectivity index (χ4n) is 1.63. The smallest absolute Gasteiger partial charge is 0.159 e. The maximum Gasteiger partial charge on any atom is 0.159 e. The molecule has 0 unspecified atom stereocenters. The number of hydrogen-bond acceptors (Lipinski definition) is 2. The van der Waals surface area contributed by atoms with Crippen molar-refractivity contribution in [2.24, 2.45) is 4.99 Å². The zero-order valence-corrected chi connectivity index (χ0v) is 10.7. The molecule has 1 aromatic rings. The van der Waals surface area contributed by atoms with Gasteiger partial charge in [-0.2, -0.15) is 0 Å². The summed E-state index contributed by atoms with van der Waals surface area (Å²) in [6, 6.07) is 10.3. The van der Waals surface area contributed by atoms with Gasteiger partial charge in [0.05, 0.1) is 6.54 Å². The van der Waals surface area contributed by atoms with E-state index in [9.17, 15) is 0 Å². The van der Waals surface area contributed by atoms with Gasteiger partial charge < -0.3 is 4.90 Å². The average Bonchev–Trinajstić information content (AvgIpc) is 2.76. The Balaban J connectivity index is 1.96. The average molecular weight is 255 g/mol. The summed E-state index contributed by atoms with van der Waals surface area (Å²) >= 11 is 7.59. The van der Waals surface area contributed by atoms with Crippen molar-refractivity contribution in [3.63, 3.8) is 0 Å². The summed E-state index contributed by atoms with van der Waals surface area (Å²) in [5.74, 6) is 1.80. The summed E-state index contributed by atoms with van der Waals surface area (Å²) < 4.78 is 0. The maximum absolute atomic E-state index is 5.76. The van der Waals surface area contributed by atoms with E-state index in [-0.39, 0.29) is 0 Å². The molecule has 4 heteroatoms. The van der Waals surface area contributed by atoms with Gasteiger partial charge in [0.2, 0.25) is 0 Å². The standard InChI is InChI=1S/C12H15ClN2S/c13-6-7-15-8-9-16-12(15)14-10-11-4-2-1-3-5-11/h1-5H,6-10H2. The largest absolute Gasteiger partial charge is 0.349 e. The minimum absolute atomic E-state index is 0.672. The molecule has 1 saturated heterocycles.